The molecule has 1 aromatic rings. The number of likely N-dealkylation sites (tertiary alicyclic amines) is 1. The van der Waals surface area contributed by atoms with Crippen molar-refractivity contribution < 1.29 is 19.0 Å². The Bertz CT molecular complexity index is 511. The van der Waals surface area contributed by atoms with Crippen LogP contribution in [0.3, 0.4) is 0 Å². The molecule has 1 aliphatic heterocycles. The van der Waals surface area contributed by atoms with E-state index in [1.54, 1.807) is 12.1 Å². The van der Waals surface area contributed by atoms with Crippen LogP contribution in [0.15, 0.2) is 24.3 Å². The number of hydrogen-bond donors (Lipinski definition) is 1. The van der Waals surface area contributed by atoms with Crippen molar-refractivity contribution in [3.63, 3.8) is 0 Å². The minimum absolute atomic E-state index is 0.0583. The van der Waals surface area contributed by atoms with Crippen LogP contribution >= 0.6 is 0 Å². The van der Waals surface area contributed by atoms with Gasteiger partial charge in [-0.05, 0) is 43.5 Å². The Kier molecular flexibility index (Phi) is 4.62. The van der Waals surface area contributed by atoms with Gasteiger partial charge >= 0.3 is 0 Å². The SMILES string of the molecule is O=C(C1CCCC1O)N1CCC(Oc2ccc(F)cc2)CC1. The van der Waals surface area contributed by atoms with E-state index in [-0.39, 0.29) is 23.7 Å². The Balaban J connectivity index is 1.49. The molecule has 0 bridgehead atoms. The third-order valence-electron chi connectivity index (χ3n) is 4.67. The molecule has 1 aromatic carbocycles. The molecule has 2 aliphatic rings. The van der Waals surface area contributed by atoms with Crippen molar-refractivity contribution in [2.45, 2.75) is 44.3 Å². The molecule has 2 unspecified atom stereocenters. The van der Waals surface area contributed by atoms with Gasteiger partial charge in [0.25, 0.3) is 0 Å². The molecule has 1 saturated heterocycles. The summed E-state index contributed by atoms with van der Waals surface area (Å²) in [5, 5.41) is 9.86. The highest BCUT2D eigenvalue weighted by atomic mass is 19.1. The highest BCUT2D eigenvalue weighted by molar-refractivity contribution is 5.79. The van der Waals surface area contributed by atoms with E-state index >= 15 is 0 Å². The van der Waals surface area contributed by atoms with E-state index in [1.807, 2.05) is 4.90 Å². The lowest BCUT2D eigenvalue weighted by molar-refractivity contribution is -0.140. The number of aliphatic hydroxyl groups is 1. The van der Waals surface area contributed by atoms with E-state index in [1.165, 1.54) is 12.1 Å². The zero-order valence-electron chi connectivity index (χ0n) is 12.6. The van der Waals surface area contributed by atoms with Crippen molar-refractivity contribution in [2.24, 2.45) is 5.92 Å². The molecule has 120 valence electrons. The zero-order valence-corrected chi connectivity index (χ0v) is 12.6. The quantitative estimate of drug-likeness (QED) is 0.932. The molecule has 5 heteroatoms. The first-order chi connectivity index (χ1) is 10.6. The Morgan fingerprint density at radius 3 is 2.41 bits per heavy atom. The lowest BCUT2D eigenvalue weighted by atomic mass is 10.0. The maximum absolute atomic E-state index is 12.9. The molecule has 4 nitrogen and oxygen atoms in total. The van der Waals surface area contributed by atoms with Gasteiger partial charge in [0.15, 0.2) is 0 Å². The minimum Gasteiger partial charge on any atom is -0.490 e. The number of halogens is 1. The fraction of sp³-hybridized carbons (Fsp3) is 0.588. The number of carbonyl (C=O) groups is 1. The average molecular weight is 307 g/mol. The predicted octanol–water partition coefficient (Wildman–Crippen LogP) is 2.36. The predicted molar refractivity (Wildman–Crippen MR) is 80.0 cm³/mol. The van der Waals surface area contributed by atoms with Gasteiger partial charge in [-0.15, -0.1) is 0 Å². The molecule has 1 heterocycles. The van der Waals surface area contributed by atoms with Crippen LogP contribution in [0.2, 0.25) is 0 Å². The number of ether oxygens (including phenoxy) is 1. The second-order valence-electron chi connectivity index (χ2n) is 6.20. The second-order valence-corrected chi connectivity index (χ2v) is 6.20. The molecule has 1 aliphatic carbocycles. The maximum Gasteiger partial charge on any atom is 0.228 e. The number of amides is 1. The maximum atomic E-state index is 12.9. The summed E-state index contributed by atoms with van der Waals surface area (Å²) in [6.07, 6.45) is 3.59. The summed E-state index contributed by atoms with van der Waals surface area (Å²) in [4.78, 5) is 14.2. The summed E-state index contributed by atoms with van der Waals surface area (Å²) in [7, 11) is 0. The fourth-order valence-electron chi connectivity index (χ4n) is 3.36. The lowest BCUT2D eigenvalue weighted by Gasteiger charge is -2.34. The molecule has 1 amide bonds. The Morgan fingerprint density at radius 1 is 1.14 bits per heavy atom. The van der Waals surface area contributed by atoms with Crippen LogP contribution in [0.1, 0.15) is 32.1 Å². The Morgan fingerprint density at radius 2 is 1.82 bits per heavy atom. The van der Waals surface area contributed by atoms with Gasteiger partial charge in [0.05, 0.1) is 12.0 Å². The number of benzene rings is 1. The van der Waals surface area contributed by atoms with Gasteiger partial charge in [0.1, 0.15) is 17.7 Å². The first kappa shape index (κ1) is 15.3. The molecule has 0 aromatic heterocycles. The van der Waals surface area contributed by atoms with Crippen molar-refractivity contribution in [1.29, 1.82) is 0 Å². The van der Waals surface area contributed by atoms with Crippen molar-refractivity contribution in [3.05, 3.63) is 30.1 Å². The number of rotatable bonds is 3. The summed E-state index contributed by atoms with van der Waals surface area (Å²) < 4.78 is 18.7. The molecule has 0 spiro atoms. The number of hydrogen-bond acceptors (Lipinski definition) is 3. The molecule has 3 rings (SSSR count). The van der Waals surface area contributed by atoms with E-state index in [2.05, 4.69) is 0 Å². The summed E-state index contributed by atoms with van der Waals surface area (Å²) in [5.74, 6) is 0.264. The Hall–Kier alpha value is -1.62. The monoisotopic (exact) mass is 307 g/mol. The molecule has 1 N–H and O–H groups in total. The van der Waals surface area contributed by atoms with E-state index in [0.29, 0.717) is 18.8 Å². The van der Waals surface area contributed by atoms with Crippen molar-refractivity contribution in [2.75, 3.05) is 13.1 Å². The van der Waals surface area contributed by atoms with Crippen LogP contribution in [0.5, 0.6) is 5.75 Å². The van der Waals surface area contributed by atoms with Gasteiger partial charge in [-0.1, -0.05) is 0 Å². The molecule has 22 heavy (non-hydrogen) atoms. The fourth-order valence-corrected chi connectivity index (χ4v) is 3.36. The van der Waals surface area contributed by atoms with Gasteiger partial charge in [0.2, 0.25) is 5.91 Å². The zero-order chi connectivity index (χ0) is 15.5. The third kappa shape index (κ3) is 3.40. The molecular weight excluding hydrogens is 285 g/mol. The standard InChI is InChI=1S/C17H22FNO3/c18-12-4-6-13(7-5-12)22-14-8-10-19(11-9-14)17(21)15-2-1-3-16(15)20/h4-7,14-16,20H,1-3,8-11H2. The van der Waals surface area contributed by atoms with Crippen molar-refractivity contribution >= 4 is 5.91 Å². The largest absolute Gasteiger partial charge is 0.490 e. The van der Waals surface area contributed by atoms with Gasteiger partial charge < -0.3 is 14.7 Å². The van der Waals surface area contributed by atoms with Gasteiger partial charge in [-0.2, -0.15) is 0 Å². The molecule has 1 saturated carbocycles. The second kappa shape index (κ2) is 6.65. The molecule has 2 atom stereocenters. The molecule has 0 radical (unpaired) electrons. The summed E-state index contributed by atoms with van der Waals surface area (Å²) >= 11 is 0. The van der Waals surface area contributed by atoms with Crippen LogP contribution in [0.25, 0.3) is 0 Å². The highest BCUT2D eigenvalue weighted by Gasteiger charge is 2.35. The van der Waals surface area contributed by atoms with Crippen LogP contribution in [-0.4, -0.2) is 41.2 Å². The molecule has 2 fully saturated rings. The average Bonchev–Trinajstić information content (AvgIpc) is 2.96. The lowest BCUT2D eigenvalue weighted by Crippen LogP contribution is -2.45. The summed E-state index contributed by atoms with van der Waals surface area (Å²) in [6.45, 7) is 1.32. The van der Waals surface area contributed by atoms with Gasteiger partial charge in [-0.3, -0.25) is 4.79 Å². The summed E-state index contributed by atoms with van der Waals surface area (Å²) in [5.41, 5.74) is 0. The number of carbonyl (C=O) groups excluding carboxylic acids is 1. The topological polar surface area (TPSA) is 49.8 Å². The highest BCUT2D eigenvalue weighted by Crippen LogP contribution is 2.29. The van der Waals surface area contributed by atoms with E-state index in [4.69, 9.17) is 4.74 Å². The normalized spacial score (nSPS) is 26.2. The van der Waals surface area contributed by atoms with Crippen molar-refractivity contribution in [3.8, 4) is 5.75 Å². The first-order valence-electron chi connectivity index (χ1n) is 8.02. The van der Waals surface area contributed by atoms with Gasteiger partial charge in [-0.25, -0.2) is 4.39 Å². The minimum atomic E-state index is -0.472. The van der Waals surface area contributed by atoms with Gasteiger partial charge in [0, 0.05) is 25.9 Å². The number of piperidine rings is 1. The third-order valence-corrected chi connectivity index (χ3v) is 4.67. The number of aliphatic hydroxyl groups excluding tert-OH is 1. The van der Waals surface area contributed by atoms with Crippen LogP contribution in [-0.2, 0) is 4.79 Å². The molecular formula is C17H22FNO3. The van der Waals surface area contributed by atoms with Crippen molar-refractivity contribution in [1.82, 2.24) is 4.90 Å². The smallest absolute Gasteiger partial charge is 0.228 e. The first-order valence-corrected chi connectivity index (χ1v) is 8.02. The van der Waals surface area contributed by atoms with E-state index < -0.39 is 6.10 Å². The van der Waals surface area contributed by atoms with E-state index in [0.717, 1.165) is 32.1 Å². The Labute approximate surface area is 129 Å². The van der Waals surface area contributed by atoms with Crippen LogP contribution in [0, 0.1) is 11.7 Å². The van der Waals surface area contributed by atoms with Crippen LogP contribution < -0.4 is 4.74 Å². The van der Waals surface area contributed by atoms with E-state index in [9.17, 15) is 14.3 Å². The number of nitrogens with zero attached hydrogens (tertiary/aromatic N) is 1. The van der Waals surface area contributed by atoms with Crippen LogP contribution in [0.4, 0.5) is 4.39 Å². The summed E-state index contributed by atoms with van der Waals surface area (Å²) in [6, 6.07) is 6.02.